The SMILES string of the molecule is CC(C)(C)C(CC(=O)O)Nc1ncc(C(F)(F)F)cc1Cl. The van der Waals surface area contributed by atoms with Gasteiger partial charge in [0.1, 0.15) is 5.82 Å². The summed E-state index contributed by atoms with van der Waals surface area (Å²) in [5, 5.41) is 11.5. The van der Waals surface area contributed by atoms with Crippen LogP contribution in [0, 0.1) is 5.41 Å². The Morgan fingerprint density at radius 1 is 1.43 bits per heavy atom. The number of nitrogens with zero attached hydrogens (tertiary/aromatic N) is 1. The van der Waals surface area contributed by atoms with E-state index in [4.69, 9.17) is 16.7 Å². The number of aromatic nitrogens is 1. The van der Waals surface area contributed by atoms with E-state index in [1.807, 2.05) is 20.8 Å². The first-order valence-electron chi connectivity index (χ1n) is 6.12. The van der Waals surface area contributed by atoms with Gasteiger partial charge in [0, 0.05) is 12.2 Å². The van der Waals surface area contributed by atoms with Crippen LogP contribution in [0.3, 0.4) is 0 Å². The summed E-state index contributed by atoms with van der Waals surface area (Å²) < 4.78 is 37.6. The highest BCUT2D eigenvalue weighted by Crippen LogP contribution is 2.33. The van der Waals surface area contributed by atoms with E-state index in [1.165, 1.54) is 0 Å². The number of rotatable bonds is 4. The second kappa shape index (κ2) is 6.09. The van der Waals surface area contributed by atoms with Gasteiger partial charge in [0.05, 0.1) is 17.0 Å². The van der Waals surface area contributed by atoms with E-state index < -0.39 is 29.2 Å². The van der Waals surface area contributed by atoms with E-state index in [9.17, 15) is 18.0 Å². The minimum Gasteiger partial charge on any atom is -0.481 e. The Balaban J connectivity index is 3.03. The standard InChI is InChI=1S/C13H16ClF3N2O2/c1-12(2,3)9(5-10(20)21)19-11-8(14)4-7(6-18-11)13(15,16)17/h4,6,9H,5H2,1-3H3,(H,18,19)(H,20,21). The van der Waals surface area contributed by atoms with Crippen LogP contribution in [-0.4, -0.2) is 22.1 Å². The molecule has 1 atom stereocenters. The lowest BCUT2D eigenvalue weighted by Crippen LogP contribution is -2.36. The number of nitrogens with one attached hydrogen (secondary N) is 1. The molecule has 1 rings (SSSR count). The normalized spacial score (nSPS) is 13.9. The number of alkyl halides is 3. The van der Waals surface area contributed by atoms with Crippen LogP contribution >= 0.6 is 11.6 Å². The number of halogens is 4. The van der Waals surface area contributed by atoms with Crippen molar-refractivity contribution in [1.82, 2.24) is 4.98 Å². The van der Waals surface area contributed by atoms with Crippen molar-refractivity contribution < 1.29 is 23.1 Å². The molecular weight excluding hydrogens is 309 g/mol. The second-order valence-corrected chi connectivity index (χ2v) is 6.12. The van der Waals surface area contributed by atoms with Crippen molar-refractivity contribution in [1.29, 1.82) is 0 Å². The zero-order valence-corrected chi connectivity index (χ0v) is 12.5. The number of carboxylic acid groups (broad SMARTS) is 1. The van der Waals surface area contributed by atoms with E-state index >= 15 is 0 Å². The van der Waals surface area contributed by atoms with Crippen molar-refractivity contribution in [3.63, 3.8) is 0 Å². The zero-order valence-electron chi connectivity index (χ0n) is 11.8. The Labute approximate surface area is 125 Å². The number of carboxylic acids is 1. The summed E-state index contributed by atoms with van der Waals surface area (Å²) >= 11 is 5.79. The van der Waals surface area contributed by atoms with Gasteiger partial charge >= 0.3 is 12.1 Å². The predicted octanol–water partition coefficient (Wildman–Crippen LogP) is 4.06. The molecule has 1 heterocycles. The summed E-state index contributed by atoms with van der Waals surface area (Å²) in [5.74, 6) is -0.990. The van der Waals surface area contributed by atoms with Gasteiger partial charge in [0.2, 0.25) is 0 Å². The average molecular weight is 325 g/mol. The van der Waals surface area contributed by atoms with Gasteiger partial charge in [-0.1, -0.05) is 32.4 Å². The summed E-state index contributed by atoms with van der Waals surface area (Å²) in [7, 11) is 0. The first-order chi connectivity index (χ1) is 9.41. The van der Waals surface area contributed by atoms with E-state index in [0.29, 0.717) is 6.20 Å². The van der Waals surface area contributed by atoms with Gasteiger partial charge in [0.25, 0.3) is 0 Å². The molecular formula is C13H16ClF3N2O2. The predicted molar refractivity (Wildman–Crippen MR) is 73.4 cm³/mol. The molecule has 0 saturated heterocycles. The summed E-state index contributed by atoms with van der Waals surface area (Å²) in [6, 6.07) is 0.230. The molecule has 0 aliphatic carbocycles. The third-order valence-electron chi connectivity index (χ3n) is 2.90. The largest absolute Gasteiger partial charge is 0.481 e. The van der Waals surface area contributed by atoms with Crippen molar-refractivity contribution in [3.05, 3.63) is 22.8 Å². The Morgan fingerprint density at radius 3 is 2.38 bits per heavy atom. The molecule has 1 aromatic rings. The molecule has 0 aromatic carbocycles. The summed E-state index contributed by atoms with van der Waals surface area (Å²) in [6.45, 7) is 5.43. The number of anilines is 1. The molecule has 0 aliphatic heterocycles. The van der Waals surface area contributed by atoms with E-state index in [-0.39, 0.29) is 17.3 Å². The highest BCUT2D eigenvalue weighted by atomic mass is 35.5. The number of pyridine rings is 1. The Kier molecular flexibility index (Phi) is 5.09. The van der Waals surface area contributed by atoms with Gasteiger partial charge in [0.15, 0.2) is 0 Å². The molecule has 0 aliphatic rings. The lowest BCUT2D eigenvalue weighted by molar-refractivity contribution is -0.138. The highest BCUT2D eigenvalue weighted by molar-refractivity contribution is 6.33. The maximum Gasteiger partial charge on any atom is 0.417 e. The maximum atomic E-state index is 12.5. The molecule has 0 bridgehead atoms. The molecule has 2 N–H and O–H groups in total. The van der Waals surface area contributed by atoms with Crippen molar-refractivity contribution >= 4 is 23.4 Å². The first kappa shape index (κ1) is 17.6. The summed E-state index contributed by atoms with van der Waals surface area (Å²) in [5.41, 5.74) is -1.39. The molecule has 21 heavy (non-hydrogen) atoms. The fourth-order valence-electron chi connectivity index (χ4n) is 1.61. The summed E-state index contributed by atoms with van der Waals surface area (Å²) in [4.78, 5) is 14.5. The molecule has 4 nitrogen and oxygen atoms in total. The molecule has 1 unspecified atom stereocenters. The van der Waals surface area contributed by atoms with Crippen LogP contribution in [0.15, 0.2) is 12.3 Å². The minimum absolute atomic E-state index is 0.0332. The fraction of sp³-hybridized carbons (Fsp3) is 0.538. The topological polar surface area (TPSA) is 62.2 Å². The molecule has 0 saturated carbocycles. The molecule has 8 heteroatoms. The molecule has 0 spiro atoms. The fourth-order valence-corrected chi connectivity index (χ4v) is 1.83. The Bertz CT molecular complexity index is 527. The molecule has 0 amide bonds. The lowest BCUT2D eigenvalue weighted by Gasteiger charge is -2.31. The zero-order chi connectivity index (χ0) is 16.4. The summed E-state index contributed by atoms with van der Waals surface area (Å²) in [6.07, 6.45) is -4.07. The van der Waals surface area contributed by atoms with Crippen molar-refractivity contribution in [2.75, 3.05) is 5.32 Å². The van der Waals surface area contributed by atoms with E-state index in [0.717, 1.165) is 6.07 Å². The number of carbonyl (C=O) groups is 1. The Morgan fingerprint density at radius 2 is 2.00 bits per heavy atom. The van der Waals surface area contributed by atoms with Gasteiger partial charge in [-0.3, -0.25) is 4.79 Å². The third kappa shape index (κ3) is 5.08. The van der Waals surface area contributed by atoms with Gasteiger partial charge in [-0.25, -0.2) is 4.98 Å². The van der Waals surface area contributed by atoms with Crippen LogP contribution in [0.2, 0.25) is 5.02 Å². The average Bonchev–Trinajstić information content (AvgIpc) is 2.27. The Hall–Kier alpha value is -1.50. The number of hydrogen-bond donors (Lipinski definition) is 2. The van der Waals surface area contributed by atoms with Gasteiger partial charge in [-0.05, 0) is 11.5 Å². The van der Waals surface area contributed by atoms with E-state index in [1.54, 1.807) is 0 Å². The van der Waals surface area contributed by atoms with Crippen molar-refractivity contribution in [2.24, 2.45) is 5.41 Å². The van der Waals surface area contributed by atoms with Gasteiger partial charge in [-0.15, -0.1) is 0 Å². The van der Waals surface area contributed by atoms with Crippen LogP contribution in [-0.2, 0) is 11.0 Å². The molecule has 118 valence electrons. The van der Waals surface area contributed by atoms with Crippen LogP contribution in [0.25, 0.3) is 0 Å². The lowest BCUT2D eigenvalue weighted by atomic mass is 9.85. The highest BCUT2D eigenvalue weighted by Gasteiger charge is 2.32. The smallest absolute Gasteiger partial charge is 0.417 e. The molecule has 0 fully saturated rings. The maximum absolute atomic E-state index is 12.5. The number of aliphatic carboxylic acids is 1. The van der Waals surface area contributed by atoms with Crippen LogP contribution in [0.1, 0.15) is 32.8 Å². The molecule has 1 aromatic heterocycles. The minimum atomic E-state index is -4.53. The van der Waals surface area contributed by atoms with Gasteiger partial charge < -0.3 is 10.4 Å². The van der Waals surface area contributed by atoms with Crippen LogP contribution < -0.4 is 5.32 Å². The van der Waals surface area contributed by atoms with Gasteiger partial charge in [-0.2, -0.15) is 13.2 Å². The monoisotopic (exact) mass is 324 g/mol. The van der Waals surface area contributed by atoms with Crippen LogP contribution in [0.4, 0.5) is 19.0 Å². The first-order valence-corrected chi connectivity index (χ1v) is 6.50. The van der Waals surface area contributed by atoms with Crippen molar-refractivity contribution in [2.45, 2.75) is 39.4 Å². The number of hydrogen-bond acceptors (Lipinski definition) is 3. The van der Waals surface area contributed by atoms with Crippen molar-refractivity contribution in [3.8, 4) is 0 Å². The molecule has 0 radical (unpaired) electrons. The second-order valence-electron chi connectivity index (χ2n) is 5.71. The van der Waals surface area contributed by atoms with E-state index in [2.05, 4.69) is 10.3 Å². The van der Waals surface area contributed by atoms with Crippen LogP contribution in [0.5, 0.6) is 0 Å². The third-order valence-corrected chi connectivity index (χ3v) is 3.19. The quantitative estimate of drug-likeness (QED) is 0.877.